The molecule has 2 fully saturated rings. The van der Waals surface area contributed by atoms with Crippen molar-refractivity contribution in [1.82, 2.24) is 19.9 Å². The Labute approximate surface area is 174 Å². The fraction of sp³-hybridized carbons (Fsp3) is 0.474. The molecule has 7 nitrogen and oxygen atoms in total. The van der Waals surface area contributed by atoms with E-state index < -0.39 is 30.8 Å². The Balaban J connectivity index is 1.61. The van der Waals surface area contributed by atoms with Gasteiger partial charge in [-0.05, 0) is 25.1 Å². The summed E-state index contributed by atoms with van der Waals surface area (Å²) < 4.78 is 65.7. The largest absolute Gasteiger partial charge is 0.416 e. The lowest BCUT2D eigenvalue weighted by atomic mass is 10.0. The summed E-state index contributed by atoms with van der Waals surface area (Å²) in [6.45, 7) is 0.888. The maximum Gasteiger partial charge on any atom is 0.416 e. The van der Waals surface area contributed by atoms with Gasteiger partial charge in [0.2, 0.25) is 5.95 Å². The first kappa shape index (κ1) is 21.3. The van der Waals surface area contributed by atoms with Crippen LogP contribution in [0.1, 0.15) is 23.6 Å². The summed E-state index contributed by atoms with van der Waals surface area (Å²) in [6.07, 6.45) is -1.41. The monoisotopic (exact) mass is 441 g/mol. The van der Waals surface area contributed by atoms with E-state index in [1.54, 1.807) is 6.07 Å². The molecule has 0 bridgehead atoms. The molecule has 2 aliphatic rings. The number of anilines is 3. The van der Waals surface area contributed by atoms with Gasteiger partial charge >= 0.3 is 6.18 Å². The lowest BCUT2D eigenvalue weighted by molar-refractivity contribution is -0.137. The average Bonchev–Trinajstić information content (AvgIpc) is 3.14. The first-order valence-electron chi connectivity index (χ1n) is 9.66. The van der Waals surface area contributed by atoms with Crippen molar-refractivity contribution in [2.75, 3.05) is 42.9 Å². The van der Waals surface area contributed by atoms with Crippen molar-refractivity contribution in [2.24, 2.45) is 0 Å². The maximum atomic E-state index is 13.4. The van der Waals surface area contributed by atoms with Gasteiger partial charge in [0.05, 0.1) is 24.3 Å². The molecule has 4 heterocycles. The van der Waals surface area contributed by atoms with Gasteiger partial charge in [-0.3, -0.25) is 4.90 Å². The first-order valence-corrected chi connectivity index (χ1v) is 9.66. The third-order valence-corrected chi connectivity index (χ3v) is 5.24. The van der Waals surface area contributed by atoms with Crippen molar-refractivity contribution in [3.05, 3.63) is 35.7 Å². The van der Waals surface area contributed by atoms with Crippen molar-refractivity contribution in [3.8, 4) is 0 Å². The van der Waals surface area contributed by atoms with E-state index in [0.29, 0.717) is 18.8 Å². The van der Waals surface area contributed by atoms with Crippen LogP contribution in [0.15, 0.2) is 24.4 Å². The van der Waals surface area contributed by atoms with E-state index in [1.807, 2.05) is 0 Å². The van der Waals surface area contributed by atoms with E-state index in [1.165, 1.54) is 11.1 Å². The SMILES string of the molecule is N=CCN1CCC(c2cc(Nc3cc(C(F)(F)F)ccn3)nc(N3CC(F)(F)C3)n2)C1. The predicted octanol–water partition coefficient (Wildman–Crippen LogP) is 3.53. The number of nitrogens with one attached hydrogen (secondary N) is 2. The average molecular weight is 441 g/mol. The second-order valence-corrected chi connectivity index (χ2v) is 7.69. The molecule has 31 heavy (non-hydrogen) atoms. The van der Waals surface area contributed by atoms with Gasteiger partial charge in [-0.2, -0.15) is 18.2 Å². The minimum Gasteiger partial charge on any atom is -0.329 e. The van der Waals surface area contributed by atoms with Crippen LogP contribution in [0, 0.1) is 5.41 Å². The Morgan fingerprint density at radius 2 is 1.97 bits per heavy atom. The zero-order chi connectivity index (χ0) is 22.2. The zero-order valence-electron chi connectivity index (χ0n) is 16.3. The smallest absolute Gasteiger partial charge is 0.329 e. The van der Waals surface area contributed by atoms with Crippen molar-refractivity contribution >= 4 is 23.8 Å². The van der Waals surface area contributed by atoms with Gasteiger partial charge in [-0.25, -0.2) is 18.7 Å². The molecule has 0 spiro atoms. The highest BCUT2D eigenvalue weighted by Crippen LogP contribution is 2.34. The summed E-state index contributed by atoms with van der Waals surface area (Å²) in [5.74, 6) is -2.59. The van der Waals surface area contributed by atoms with Gasteiger partial charge in [0, 0.05) is 37.5 Å². The molecule has 12 heteroatoms. The van der Waals surface area contributed by atoms with Gasteiger partial charge in [0.15, 0.2) is 0 Å². The number of hydrogen-bond donors (Lipinski definition) is 2. The van der Waals surface area contributed by atoms with Gasteiger partial charge in [-0.15, -0.1) is 0 Å². The molecular formula is C19H20F5N7. The molecule has 2 aromatic rings. The molecule has 0 radical (unpaired) electrons. The van der Waals surface area contributed by atoms with Gasteiger partial charge in [0.1, 0.15) is 11.6 Å². The third-order valence-electron chi connectivity index (χ3n) is 5.24. The van der Waals surface area contributed by atoms with E-state index in [4.69, 9.17) is 5.41 Å². The molecule has 4 rings (SSSR count). The predicted molar refractivity (Wildman–Crippen MR) is 104 cm³/mol. The Bertz CT molecular complexity index is 957. The summed E-state index contributed by atoms with van der Waals surface area (Å²) in [4.78, 5) is 16.0. The minimum absolute atomic E-state index is 0.00138. The van der Waals surface area contributed by atoms with Crippen LogP contribution < -0.4 is 10.2 Å². The second kappa shape index (κ2) is 7.98. The summed E-state index contributed by atoms with van der Waals surface area (Å²) in [5.41, 5.74) is -0.248. The summed E-state index contributed by atoms with van der Waals surface area (Å²) >= 11 is 0. The number of hydrogen-bond acceptors (Lipinski definition) is 7. The van der Waals surface area contributed by atoms with Crippen LogP contribution in [0.4, 0.5) is 39.5 Å². The Hall–Kier alpha value is -2.89. The summed E-state index contributed by atoms with van der Waals surface area (Å²) in [7, 11) is 0. The fourth-order valence-corrected chi connectivity index (χ4v) is 3.70. The second-order valence-electron chi connectivity index (χ2n) is 7.69. The highest BCUT2D eigenvalue weighted by molar-refractivity contribution is 5.57. The number of aromatic nitrogens is 3. The van der Waals surface area contributed by atoms with Crippen LogP contribution in [0.3, 0.4) is 0 Å². The lowest BCUT2D eigenvalue weighted by Crippen LogP contribution is -2.57. The van der Waals surface area contributed by atoms with Crippen LogP contribution in [0.25, 0.3) is 0 Å². The molecule has 0 aliphatic carbocycles. The zero-order valence-corrected chi connectivity index (χ0v) is 16.3. The van der Waals surface area contributed by atoms with Crippen molar-refractivity contribution in [2.45, 2.75) is 24.4 Å². The van der Waals surface area contributed by atoms with Crippen molar-refractivity contribution in [3.63, 3.8) is 0 Å². The van der Waals surface area contributed by atoms with Crippen LogP contribution in [0.5, 0.6) is 0 Å². The van der Waals surface area contributed by atoms with E-state index in [0.717, 1.165) is 31.3 Å². The number of pyridine rings is 1. The third kappa shape index (κ3) is 4.89. The van der Waals surface area contributed by atoms with E-state index in [2.05, 4.69) is 25.2 Å². The molecule has 2 aromatic heterocycles. The molecule has 0 amide bonds. The standard InChI is InChI=1S/C19H20F5N7/c20-18(21)10-31(11-18)17-27-14(12-2-5-30(9-12)6-3-25)8-16(29-17)28-15-7-13(1-4-26-15)19(22,23)24/h1,3-4,7-8,12,25H,2,5-6,9-11H2,(H,26,27,28,29). The normalized spacial score (nSPS) is 21.1. The summed E-state index contributed by atoms with van der Waals surface area (Å²) in [5, 5.41) is 10.0. The highest BCUT2D eigenvalue weighted by atomic mass is 19.4. The first-order chi connectivity index (χ1) is 14.6. The van der Waals surface area contributed by atoms with Crippen molar-refractivity contribution < 1.29 is 22.0 Å². The van der Waals surface area contributed by atoms with E-state index in [9.17, 15) is 22.0 Å². The number of rotatable bonds is 6. The van der Waals surface area contributed by atoms with Gasteiger partial charge in [-0.1, -0.05) is 0 Å². The molecule has 2 saturated heterocycles. The van der Waals surface area contributed by atoms with Crippen LogP contribution in [0.2, 0.25) is 0 Å². The topological polar surface area (TPSA) is 81.0 Å². The number of nitrogens with zero attached hydrogens (tertiary/aromatic N) is 5. The van der Waals surface area contributed by atoms with Crippen LogP contribution in [-0.2, 0) is 6.18 Å². The van der Waals surface area contributed by atoms with Gasteiger partial charge in [0.25, 0.3) is 5.92 Å². The van der Waals surface area contributed by atoms with Gasteiger partial charge < -0.3 is 15.6 Å². The molecule has 166 valence electrons. The van der Waals surface area contributed by atoms with E-state index >= 15 is 0 Å². The van der Waals surface area contributed by atoms with Crippen LogP contribution in [-0.4, -0.2) is 64.7 Å². The molecule has 2 N–H and O–H groups in total. The minimum atomic E-state index is -4.52. The van der Waals surface area contributed by atoms with Crippen LogP contribution >= 0.6 is 0 Å². The maximum absolute atomic E-state index is 13.4. The fourth-order valence-electron chi connectivity index (χ4n) is 3.70. The molecule has 0 aromatic carbocycles. The number of halogens is 5. The Morgan fingerprint density at radius 1 is 1.19 bits per heavy atom. The quantitative estimate of drug-likeness (QED) is 0.528. The van der Waals surface area contributed by atoms with Crippen molar-refractivity contribution in [1.29, 1.82) is 5.41 Å². The molecule has 2 aliphatic heterocycles. The lowest BCUT2D eigenvalue weighted by Gasteiger charge is -2.38. The molecular weight excluding hydrogens is 421 g/mol. The highest BCUT2D eigenvalue weighted by Gasteiger charge is 2.45. The summed E-state index contributed by atoms with van der Waals surface area (Å²) in [6, 6.07) is 3.34. The Kier molecular flexibility index (Phi) is 5.50. The molecule has 1 unspecified atom stereocenters. The Morgan fingerprint density at radius 3 is 2.65 bits per heavy atom. The number of alkyl halides is 5. The van der Waals surface area contributed by atoms with E-state index in [-0.39, 0.29) is 23.5 Å². The number of likely N-dealkylation sites (tertiary alicyclic amines) is 1. The molecule has 0 saturated carbocycles. The molecule has 1 atom stereocenters.